The first kappa shape index (κ1) is 18.9. The van der Waals surface area contributed by atoms with Gasteiger partial charge in [-0.25, -0.2) is 0 Å². The molecule has 5 heteroatoms. The zero-order valence-electron chi connectivity index (χ0n) is 16.3. The first-order valence-corrected chi connectivity index (χ1v) is 9.71. The monoisotopic (exact) mass is 358 g/mol. The number of amides is 1. The number of ketones is 1. The molecular weight excluding hydrogens is 328 g/mol. The van der Waals surface area contributed by atoms with E-state index in [4.69, 9.17) is 4.74 Å². The fourth-order valence-electron chi connectivity index (χ4n) is 4.23. The number of hydrogen-bond donors (Lipinski definition) is 1. The molecule has 1 aromatic carbocycles. The summed E-state index contributed by atoms with van der Waals surface area (Å²) in [4.78, 5) is 27.3. The van der Waals surface area contributed by atoms with Crippen LogP contribution in [0.2, 0.25) is 0 Å². The van der Waals surface area contributed by atoms with Crippen LogP contribution in [0.3, 0.4) is 0 Å². The molecule has 0 radical (unpaired) electrons. The summed E-state index contributed by atoms with van der Waals surface area (Å²) in [5.74, 6) is 0.851. The molecule has 1 N–H and O–H groups in total. The third kappa shape index (κ3) is 3.37. The number of nitrogens with zero attached hydrogens (tertiary/aromatic N) is 1. The van der Waals surface area contributed by atoms with Crippen molar-refractivity contribution in [3.8, 4) is 5.75 Å². The number of Topliss-reactive ketones (excluding diaryl/α,β-unsaturated/α-hetero) is 1. The standard InChI is InChI=1S/C21H30N2O3/c1-5-23(6-2)12-10-18(25)22-19-16(24)9-11-21(4)15-13-14(3)7-8-17(15)26-20(19)21/h7-8,13,19-20H,5-6,9-12H2,1-4H3,(H,22,25)/t19-,20-,21-/m0/s1. The first-order chi connectivity index (χ1) is 12.4. The first-order valence-electron chi connectivity index (χ1n) is 9.71. The maximum atomic E-state index is 12.6. The number of aryl methyl sites for hydroxylation is 1. The van der Waals surface area contributed by atoms with Crippen LogP contribution in [0.25, 0.3) is 0 Å². The molecule has 142 valence electrons. The predicted octanol–water partition coefficient (Wildman–Crippen LogP) is 2.59. The zero-order valence-corrected chi connectivity index (χ0v) is 16.3. The van der Waals surface area contributed by atoms with E-state index in [1.165, 1.54) is 5.56 Å². The van der Waals surface area contributed by atoms with Gasteiger partial charge in [0, 0.05) is 30.4 Å². The van der Waals surface area contributed by atoms with Gasteiger partial charge >= 0.3 is 0 Å². The van der Waals surface area contributed by atoms with Gasteiger partial charge in [-0.05, 0) is 32.5 Å². The van der Waals surface area contributed by atoms with Gasteiger partial charge in [-0.3, -0.25) is 9.59 Å². The lowest BCUT2D eigenvalue weighted by atomic mass is 9.67. The van der Waals surface area contributed by atoms with E-state index in [-0.39, 0.29) is 23.2 Å². The van der Waals surface area contributed by atoms with E-state index in [9.17, 15) is 9.59 Å². The fourth-order valence-corrected chi connectivity index (χ4v) is 4.23. The topological polar surface area (TPSA) is 58.6 Å². The van der Waals surface area contributed by atoms with Crippen molar-refractivity contribution in [2.24, 2.45) is 0 Å². The van der Waals surface area contributed by atoms with Crippen LogP contribution in [0, 0.1) is 6.92 Å². The summed E-state index contributed by atoms with van der Waals surface area (Å²) in [6, 6.07) is 5.60. The number of rotatable bonds is 6. The van der Waals surface area contributed by atoms with Crippen molar-refractivity contribution in [3.63, 3.8) is 0 Å². The second-order valence-corrected chi connectivity index (χ2v) is 7.74. The second kappa shape index (κ2) is 7.39. The molecule has 1 aliphatic carbocycles. The maximum absolute atomic E-state index is 12.6. The molecule has 1 fully saturated rings. The van der Waals surface area contributed by atoms with E-state index in [0.29, 0.717) is 19.4 Å². The second-order valence-electron chi connectivity index (χ2n) is 7.74. The minimum Gasteiger partial charge on any atom is -0.487 e. The minimum atomic E-state index is -0.564. The Morgan fingerprint density at radius 3 is 2.77 bits per heavy atom. The van der Waals surface area contributed by atoms with Crippen molar-refractivity contribution < 1.29 is 14.3 Å². The van der Waals surface area contributed by atoms with Gasteiger partial charge < -0.3 is 15.0 Å². The summed E-state index contributed by atoms with van der Waals surface area (Å²) >= 11 is 0. The number of hydrogen-bond acceptors (Lipinski definition) is 4. The molecule has 1 aromatic rings. The largest absolute Gasteiger partial charge is 0.487 e. The third-order valence-corrected chi connectivity index (χ3v) is 6.04. The van der Waals surface area contributed by atoms with Gasteiger partial charge in [-0.15, -0.1) is 0 Å². The molecule has 1 aliphatic heterocycles. The number of fused-ring (bicyclic) bond motifs is 3. The highest BCUT2D eigenvalue weighted by Crippen LogP contribution is 2.49. The van der Waals surface area contributed by atoms with E-state index < -0.39 is 6.04 Å². The Morgan fingerprint density at radius 2 is 2.08 bits per heavy atom. The zero-order chi connectivity index (χ0) is 18.9. The summed E-state index contributed by atoms with van der Waals surface area (Å²) < 4.78 is 6.17. The van der Waals surface area contributed by atoms with Crippen LogP contribution in [-0.2, 0) is 15.0 Å². The highest BCUT2D eigenvalue weighted by Gasteiger charge is 2.54. The molecule has 0 bridgehead atoms. The Balaban J connectivity index is 1.74. The maximum Gasteiger partial charge on any atom is 0.221 e. The Bertz CT molecular complexity index is 698. The normalized spacial score (nSPS) is 27.0. The van der Waals surface area contributed by atoms with Gasteiger partial charge in [0.05, 0.1) is 0 Å². The molecule has 26 heavy (non-hydrogen) atoms. The van der Waals surface area contributed by atoms with Crippen LogP contribution >= 0.6 is 0 Å². The lowest BCUT2D eigenvalue weighted by Crippen LogP contribution is -2.59. The van der Waals surface area contributed by atoms with Crippen LogP contribution in [-0.4, -0.2) is 48.4 Å². The number of ether oxygens (including phenoxy) is 1. The minimum absolute atomic E-state index is 0.0739. The van der Waals surface area contributed by atoms with E-state index in [2.05, 4.69) is 44.0 Å². The molecule has 0 spiro atoms. The molecule has 5 nitrogen and oxygen atoms in total. The average Bonchev–Trinajstić information content (AvgIpc) is 2.91. The van der Waals surface area contributed by atoms with Crippen molar-refractivity contribution in [3.05, 3.63) is 29.3 Å². The van der Waals surface area contributed by atoms with E-state index in [0.717, 1.165) is 30.8 Å². The highest BCUT2D eigenvalue weighted by atomic mass is 16.5. The molecule has 0 unspecified atom stereocenters. The molecular formula is C21H30N2O3. The molecule has 3 atom stereocenters. The van der Waals surface area contributed by atoms with E-state index in [1.54, 1.807) is 0 Å². The quantitative estimate of drug-likeness (QED) is 0.849. The summed E-state index contributed by atoms with van der Waals surface area (Å²) in [6.45, 7) is 10.9. The molecule has 3 rings (SSSR count). The van der Waals surface area contributed by atoms with E-state index in [1.807, 2.05) is 12.1 Å². The fraction of sp³-hybridized carbons (Fsp3) is 0.619. The Hall–Kier alpha value is -1.88. The molecule has 1 heterocycles. The SMILES string of the molecule is CCN(CC)CCC(=O)N[C@H]1C(=O)CC[C@@]2(C)c3cc(C)ccc3O[C@@H]12. The Morgan fingerprint density at radius 1 is 1.35 bits per heavy atom. The van der Waals surface area contributed by atoms with Crippen molar-refractivity contribution in [1.82, 2.24) is 10.2 Å². The average molecular weight is 358 g/mol. The molecule has 2 aliphatic rings. The summed E-state index contributed by atoms with van der Waals surface area (Å²) in [5.41, 5.74) is 2.12. The smallest absolute Gasteiger partial charge is 0.221 e. The van der Waals surface area contributed by atoms with Crippen molar-refractivity contribution >= 4 is 11.7 Å². The van der Waals surface area contributed by atoms with Crippen LogP contribution in [0.1, 0.15) is 51.2 Å². The van der Waals surface area contributed by atoms with Crippen molar-refractivity contribution in [2.45, 2.75) is 64.5 Å². The molecule has 0 aromatic heterocycles. The summed E-state index contributed by atoms with van der Waals surface area (Å²) in [6.07, 6.45) is 1.32. The summed E-state index contributed by atoms with van der Waals surface area (Å²) in [5, 5.41) is 2.98. The van der Waals surface area contributed by atoms with Crippen LogP contribution in [0.4, 0.5) is 0 Å². The Kier molecular flexibility index (Phi) is 5.37. The number of carbonyl (C=O) groups is 2. The third-order valence-electron chi connectivity index (χ3n) is 6.04. The van der Waals surface area contributed by atoms with Gasteiger partial charge in [0.15, 0.2) is 5.78 Å². The van der Waals surface area contributed by atoms with Gasteiger partial charge in [-0.2, -0.15) is 0 Å². The van der Waals surface area contributed by atoms with Crippen LogP contribution in [0.5, 0.6) is 5.75 Å². The Labute approximate surface area is 156 Å². The lowest BCUT2D eigenvalue weighted by Gasteiger charge is -2.39. The van der Waals surface area contributed by atoms with E-state index >= 15 is 0 Å². The van der Waals surface area contributed by atoms with Crippen LogP contribution < -0.4 is 10.1 Å². The van der Waals surface area contributed by atoms with Gasteiger partial charge in [0.2, 0.25) is 5.91 Å². The molecule has 0 saturated heterocycles. The van der Waals surface area contributed by atoms with Gasteiger partial charge in [0.1, 0.15) is 17.9 Å². The molecule has 1 amide bonds. The van der Waals surface area contributed by atoms with Crippen molar-refractivity contribution in [1.29, 1.82) is 0 Å². The van der Waals surface area contributed by atoms with Crippen LogP contribution in [0.15, 0.2) is 18.2 Å². The van der Waals surface area contributed by atoms with Crippen molar-refractivity contribution in [2.75, 3.05) is 19.6 Å². The predicted molar refractivity (Wildman–Crippen MR) is 102 cm³/mol. The number of nitrogens with one attached hydrogen (secondary N) is 1. The lowest BCUT2D eigenvalue weighted by molar-refractivity contribution is -0.133. The number of benzene rings is 1. The molecule has 1 saturated carbocycles. The number of carbonyl (C=O) groups excluding carboxylic acids is 2. The van der Waals surface area contributed by atoms with Gasteiger partial charge in [-0.1, -0.05) is 38.5 Å². The summed E-state index contributed by atoms with van der Waals surface area (Å²) in [7, 11) is 0. The van der Waals surface area contributed by atoms with Gasteiger partial charge in [0.25, 0.3) is 0 Å². The highest BCUT2D eigenvalue weighted by molar-refractivity contribution is 5.91.